The molecule has 0 fully saturated rings. The van der Waals surface area contributed by atoms with Crippen molar-refractivity contribution >= 4 is 12.0 Å². The third-order valence-corrected chi connectivity index (χ3v) is 4.02. The Balaban J connectivity index is 1.88. The summed E-state index contributed by atoms with van der Waals surface area (Å²) in [6.07, 6.45) is 9.87. The second kappa shape index (κ2) is 7.05. The zero-order valence-electron chi connectivity index (χ0n) is 13.8. The Labute approximate surface area is 142 Å². The van der Waals surface area contributed by atoms with E-state index in [9.17, 15) is 4.79 Å². The predicted octanol–water partition coefficient (Wildman–Crippen LogP) is 5.36. The van der Waals surface area contributed by atoms with Gasteiger partial charge in [0.2, 0.25) is 0 Å². The fourth-order valence-electron chi connectivity index (χ4n) is 2.56. The monoisotopic (exact) mass is 315 g/mol. The minimum Gasteiger partial charge on any atom is -0.492 e. The van der Waals surface area contributed by atoms with Gasteiger partial charge < -0.3 is 9.53 Å². The topological polar surface area (TPSA) is 26.3 Å². The van der Waals surface area contributed by atoms with Crippen LogP contribution in [0.4, 0.5) is 0 Å². The Morgan fingerprint density at radius 2 is 2.00 bits per heavy atom. The van der Waals surface area contributed by atoms with Crippen LogP contribution in [0.1, 0.15) is 29.8 Å². The van der Waals surface area contributed by atoms with Gasteiger partial charge in [-0.1, -0.05) is 37.1 Å². The number of carbonyl (C=O) groups is 1. The summed E-state index contributed by atoms with van der Waals surface area (Å²) in [6, 6.07) is 15.3. The smallest absolute Gasteiger partial charge is 0.252 e. The summed E-state index contributed by atoms with van der Waals surface area (Å²) in [5.74, 6) is 1.21. The molecule has 0 bridgehead atoms. The van der Waals surface area contributed by atoms with Crippen molar-refractivity contribution in [1.82, 2.24) is 0 Å². The number of hydrogen-bond acceptors (Lipinski definition) is 2. The van der Waals surface area contributed by atoms with E-state index >= 15 is 0 Å². The van der Waals surface area contributed by atoms with Crippen LogP contribution in [0.5, 0.6) is 0 Å². The quantitative estimate of drug-likeness (QED) is 0.422. The molecule has 0 saturated carbocycles. The molecule has 122 valence electrons. The predicted molar refractivity (Wildman–Crippen MR) is 97.4 cm³/mol. The van der Waals surface area contributed by atoms with Crippen LogP contribution < -0.4 is 0 Å². The summed E-state index contributed by atoms with van der Waals surface area (Å²) in [6.45, 7) is 4.01. The van der Waals surface area contributed by atoms with Crippen molar-refractivity contribution < 1.29 is 9.53 Å². The molecular formula is C22H19O2-3. The number of allylic oxidation sites excluding steroid dienone is 6. The molecular weight excluding hydrogens is 296 g/mol. The van der Waals surface area contributed by atoms with E-state index in [1.807, 2.05) is 62.4 Å². The summed E-state index contributed by atoms with van der Waals surface area (Å²) in [5, 5.41) is 0. The summed E-state index contributed by atoms with van der Waals surface area (Å²) >= 11 is 0. The van der Waals surface area contributed by atoms with E-state index in [1.165, 1.54) is 0 Å². The Bertz CT molecular complexity index is 795. The molecule has 0 spiro atoms. The SMILES string of the molecule is C/C(=C/c1cc[cH-]c1)[C-](C)C(OC(=O)c1ccc[cH-]1)=C1C=CC=C1. The first-order valence-electron chi connectivity index (χ1n) is 7.92. The molecule has 0 unspecified atom stereocenters. The van der Waals surface area contributed by atoms with Gasteiger partial charge in [0.05, 0.1) is 0 Å². The Morgan fingerprint density at radius 3 is 2.62 bits per heavy atom. The highest BCUT2D eigenvalue weighted by atomic mass is 16.5. The van der Waals surface area contributed by atoms with Gasteiger partial charge >= 0.3 is 0 Å². The largest absolute Gasteiger partial charge is 0.492 e. The molecule has 0 N–H and O–H groups in total. The number of hydrogen-bond donors (Lipinski definition) is 0. The molecule has 0 aliphatic heterocycles. The molecule has 0 aromatic heterocycles. The zero-order valence-corrected chi connectivity index (χ0v) is 13.8. The second-order valence-corrected chi connectivity index (χ2v) is 5.74. The standard InChI is InChI=1S/C22H19O2/c1-16(15-18-9-3-4-10-18)17(2)21(19-11-5-6-12-19)24-22(23)20-13-7-8-14-20/h3-15H,1-2H3/q-3/b16-15-. The third kappa shape index (κ3) is 3.49. The zero-order chi connectivity index (χ0) is 16.9. The van der Waals surface area contributed by atoms with Gasteiger partial charge in [0.1, 0.15) is 0 Å². The minimum absolute atomic E-state index is 0.336. The van der Waals surface area contributed by atoms with Crippen LogP contribution in [-0.2, 0) is 4.74 Å². The van der Waals surface area contributed by atoms with Crippen molar-refractivity contribution in [1.29, 1.82) is 0 Å². The molecule has 2 aromatic carbocycles. The van der Waals surface area contributed by atoms with Crippen molar-refractivity contribution in [3.63, 3.8) is 0 Å². The van der Waals surface area contributed by atoms with Crippen LogP contribution in [-0.4, -0.2) is 5.97 Å². The van der Waals surface area contributed by atoms with Crippen molar-refractivity contribution in [3.05, 3.63) is 107 Å². The Morgan fingerprint density at radius 1 is 1.21 bits per heavy atom. The van der Waals surface area contributed by atoms with Crippen LogP contribution in [0.25, 0.3) is 6.08 Å². The van der Waals surface area contributed by atoms with Crippen LogP contribution in [0.2, 0.25) is 0 Å². The highest BCUT2D eigenvalue weighted by molar-refractivity contribution is 5.90. The highest BCUT2D eigenvalue weighted by Crippen LogP contribution is 2.30. The van der Waals surface area contributed by atoms with Crippen molar-refractivity contribution in [2.75, 3.05) is 0 Å². The van der Waals surface area contributed by atoms with Gasteiger partial charge in [0.15, 0.2) is 0 Å². The normalized spacial score (nSPS) is 13.4. The minimum atomic E-state index is -0.336. The average molecular weight is 315 g/mol. The van der Waals surface area contributed by atoms with Gasteiger partial charge in [0, 0.05) is 5.76 Å². The van der Waals surface area contributed by atoms with Crippen LogP contribution >= 0.6 is 0 Å². The fourth-order valence-corrected chi connectivity index (χ4v) is 2.56. The van der Waals surface area contributed by atoms with Crippen LogP contribution in [0.15, 0.2) is 89.7 Å². The van der Waals surface area contributed by atoms with Gasteiger partial charge in [-0.2, -0.15) is 42.0 Å². The molecule has 2 aromatic rings. The summed E-state index contributed by atoms with van der Waals surface area (Å²) < 4.78 is 5.74. The van der Waals surface area contributed by atoms with Crippen LogP contribution in [0.3, 0.4) is 0 Å². The summed E-state index contributed by atoms with van der Waals surface area (Å²) in [5.41, 5.74) is 3.66. The van der Waals surface area contributed by atoms with Gasteiger partial charge in [-0.25, -0.2) is 17.7 Å². The van der Waals surface area contributed by atoms with Crippen molar-refractivity contribution in [2.45, 2.75) is 13.8 Å². The number of ether oxygens (including phenoxy) is 1. The highest BCUT2D eigenvalue weighted by Gasteiger charge is 2.10. The molecule has 0 saturated heterocycles. The number of rotatable bonds is 5. The fraction of sp³-hybridized carbons (Fsp3) is 0.0909. The molecule has 1 aliphatic carbocycles. The molecule has 0 amide bonds. The maximum Gasteiger partial charge on any atom is 0.252 e. The lowest BCUT2D eigenvalue weighted by Crippen LogP contribution is -2.11. The Kier molecular flexibility index (Phi) is 4.66. The average Bonchev–Trinajstić information content (AvgIpc) is 3.34. The third-order valence-electron chi connectivity index (χ3n) is 4.02. The van der Waals surface area contributed by atoms with E-state index in [2.05, 4.69) is 18.2 Å². The van der Waals surface area contributed by atoms with Crippen molar-refractivity contribution in [3.8, 4) is 0 Å². The van der Waals surface area contributed by atoms with Gasteiger partial charge in [-0.3, -0.25) is 0 Å². The van der Waals surface area contributed by atoms with E-state index in [4.69, 9.17) is 4.74 Å². The molecule has 0 atom stereocenters. The van der Waals surface area contributed by atoms with Gasteiger partial charge in [-0.15, -0.1) is 24.1 Å². The first kappa shape index (κ1) is 15.9. The lowest BCUT2D eigenvalue weighted by molar-refractivity contribution is 0.0624. The van der Waals surface area contributed by atoms with E-state index in [1.54, 1.807) is 12.1 Å². The van der Waals surface area contributed by atoms with Gasteiger partial charge in [-0.05, 0) is 0 Å². The maximum atomic E-state index is 12.4. The Hall–Kier alpha value is -3.00. The lowest BCUT2D eigenvalue weighted by atomic mass is 9.95. The van der Waals surface area contributed by atoms with Crippen LogP contribution in [0, 0.1) is 5.92 Å². The first-order chi connectivity index (χ1) is 11.6. The molecule has 1 aliphatic rings. The van der Waals surface area contributed by atoms with Gasteiger partial charge in [0.25, 0.3) is 5.97 Å². The number of carbonyl (C=O) groups excluding carboxylic acids is 1. The molecule has 0 heterocycles. The summed E-state index contributed by atoms with van der Waals surface area (Å²) in [7, 11) is 0. The van der Waals surface area contributed by atoms with E-state index in [0.717, 1.165) is 22.6 Å². The summed E-state index contributed by atoms with van der Waals surface area (Å²) in [4.78, 5) is 12.4. The molecule has 0 radical (unpaired) electrons. The second-order valence-electron chi connectivity index (χ2n) is 5.74. The lowest BCUT2D eigenvalue weighted by Gasteiger charge is -2.29. The molecule has 3 rings (SSSR count). The maximum absolute atomic E-state index is 12.4. The first-order valence-corrected chi connectivity index (χ1v) is 7.92. The van der Waals surface area contributed by atoms with E-state index in [0.29, 0.717) is 11.3 Å². The molecule has 2 heteroatoms. The molecule has 24 heavy (non-hydrogen) atoms. The molecule has 2 nitrogen and oxygen atoms in total. The van der Waals surface area contributed by atoms with E-state index < -0.39 is 0 Å². The number of esters is 1. The van der Waals surface area contributed by atoms with Crippen molar-refractivity contribution in [2.24, 2.45) is 0 Å². The van der Waals surface area contributed by atoms with E-state index in [-0.39, 0.29) is 5.97 Å².